The molecule has 2 unspecified atom stereocenters. The number of hydrogen-bond acceptors (Lipinski definition) is 2. The number of amides is 1. The summed E-state index contributed by atoms with van der Waals surface area (Å²) in [4.78, 5) is 13.4. The van der Waals surface area contributed by atoms with Gasteiger partial charge in [-0.1, -0.05) is 46.3 Å². The molecule has 1 amide bonds. The topological polar surface area (TPSA) is 46.3 Å². The zero-order valence-electron chi connectivity index (χ0n) is 9.68. The Morgan fingerprint density at radius 1 is 1.41 bits per heavy atom. The number of halogens is 1. The van der Waals surface area contributed by atoms with Crippen molar-refractivity contribution in [3.63, 3.8) is 0 Å². The van der Waals surface area contributed by atoms with Crippen LogP contribution < -0.4 is 5.73 Å². The maximum absolute atomic E-state index is 11.6. The molecular weight excluding hydrogens is 280 g/mol. The first-order chi connectivity index (χ1) is 8.22. The van der Waals surface area contributed by atoms with E-state index >= 15 is 0 Å². The molecule has 0 aromatic heterocycles. The maximum atomic E-state index is 11.6. The number of likely N-dealkylation sites (tertiary alicyclic amines) is 1. The SMILES string of the molecule is NC1CN(C(=O)CBr)CCC1c1ccccc1. The van der Waals surface area contributed by atoms with E-state index in [4.69, 9.17) is 5.73 Å². The molecule has 1 fully saturated rings. The summed E-state index contributed by atoms with van der Waals surface area (Å²) >= 11 is 3.20. The van der Waals surface area contributed by atoms with Crippen LogP contribution in [-0.4, -0.2) is 35.3 Å². The van der Waals surface area contributed by atoms with Gasteiger partial charge in [0.1, 0.15) is 0 Å². The molecule has 1 aromatic rings. The van der Waals surface area contributed by atoms with Gasteiger partial charge in [0.15, 0.2) is 0 Å². The number of carbonyl (C=O) groups is 1. The third-order valence-electron chi connectivity index (χ3n) is 3.35. The second-order valence-corrected chi connectivity index (χ2v) is 5.00. The van der Waals surface area contributed by atoms with Crippen molar-refractivity contribution in [1.29, 1.82) is 0 Å². The highest BCUT2D eigenvalue weighted by Crippen LogP contribution is 2.27. The van der Waals surface area contributed by atoms with Crippen LogP contribution >= 0.6 is 15.9 Å². The fourth-order valence-corrected chi connectivity index (χ4v) is 2.76. The Bertz CT molecular complexity index is 382. The summed E-state index contributed by atoms with van der Waals surface area (Å²) in [6, 6.07) is 10.4. The summed E-state index contributed by atoms with van der Waals surface area (Å²) in [6.45, 7) is 1.46. The fourth-order valence-electron chi connectivity index (χ4n) is 2.41. The Hall–Kier alpha value is -0.870. The van der Waals surface area contributed by atoms with Gasteiger partial charge in [0, 0.05) is 25.0 Å². The van der Waals surface area contributed by atoms with Gasteiger partial charge in [0.05, 0.1) is 5.33 Å². The van der Waals surface area contributed by atoms with Crippen LogP contribution in [0.25, 0.3) is 0 Å². The zero-order chi connectivity index (χ0) is 12.3. The molecule has 1 heterocycles. The predicted octanol–water partition coefficient (Wildman–Crippen LogP) is 1.72. The summed E-state index contributed by atoms with van der Waals surface area (Å²) in [7, 11) is 0. The lowest BCUT2D eigenvalue weighted by atomic mass is 9.86. The number of rotatable bonds is 2. The van der Waals surface area contributed by atoms with E-state index in [2.05, 4.69) is 28.1 Å². The first-order valence-electron chi connectivity index (χ1n) is 5.86. The molecule has 0 aliphatic carbocycles. The van der Waals surface area contributed by atoms with E-state index in [1.807, 2.05) is 23.1 Å². The van der Waals surface area contributed by atoms with E-state index in [0.717, 1.165) is 13.0 Å². The quantitative estimate of drug-likeness (QED) is 0.845. The number of nitrogens with two attached hydrogens (primary N) is 1. The molecule has 4 heteroatoms. The van der Waals surface area contributed by atoms with Gasteiger partial charge in [-0.15, -0.1) is 0 Å². The van der Waals surface area contributed by atoms with Crippen LogP contribution in [-0.2, 0) is 4.79 Å². The molecule has 92 valence electrons. The monoisotopic (exact) mass is 296 g/mol. The summed E-state index contributed by atoms with van der Waals surface area (Å²) in [5, 5.41) is 0.385. The van der Waals surface area contributed by atoms with E-state index in [1.165, 1.54) is 5.56 Å². The minimum atomic E-state index is 0.0362. The predicted molar refractivity (Wildman–Crippen MR) is 72.1 cm³/mol. The molecule has 1 aliphatic rings. The molecule has 3 nitrogen and oxygen atoms in total. The van der Waals surface area contributed by atoms with Gasteiger partial charge in [0.25, 0.3) is 0 Å². The van der Waals surface area contributed by atoms with Crippen LogP contribution in [0.5, 0.6) is 0 Å². The normalized spacial score (nSPS) is 24.7. The van der Waals surface area contributed by atoms with Crippen molar-refractivity contribution in [3.05, 3.63) is 35.9 Å². The Kier molecular flexibility index (Phi) is 4.18. The molecule has 0 radical (unpaired) electrons. The van der Waals surface area contributed by atoms with Gasteiger partial charge >= 0.3 is 0 Å². The molecule has 2 N–H and O–H groups in total. The van der Waals surface area contributed by atoms with Crippen molar-refractivity contribution in [2.24, 2.45) is 5.73 Å². The molecule has 0 saturated carbocycles. The lowest BCUT2D eigenvalue weighted by Crippen LogP contribution is -2.49. The van der Waals surface area contributed by atoms with Crippen molar-refractivity contribution >= 4 is 21.8 Å². The number of piperidine rings is 1. The van der Waals surface area contributed by atoms with Gasteiger partial charge in [-0.2, -0.15) is 0 Å². The van der Waals surface area contributed by atoms with Crippen LogP contribution in [0.1, 0.15) is 17.9 Å². The molecule has 1 saturated heterocycles. The summed E-state index contributed by atoms with van der Waals surface area (Å²) in [5.74, 6) is 0.502. The minimum Gasteiger partial charge on any atom is -0.340 e. The number of benzene rings is 1. The van der Waals surface area contributed by atoms with Crippen LogP contribution in [0.3, 0.4) is 0 Å². The zero-order valence-corrected chi connectivity index (χ0v) is 11.3. The number of carbonyl (C=O) groups excluding carboxylic acids is 1. The van der Waals surface area contributed by atoms with Gasteiger partial charge in [0.2, 0.25) is 5.91 Å². The fraction of sp³-hybridized carbons (Fsp3) is 0.462. The van der Waals surface area contributed by atoms with E-state index in [9.17, 15) is 4.79 Å². The first kappa shape index (κ1) is 12.6. The summed E-state index contributed by atoms with van der Waals surface area (Å²) in [5.41, 5.74) is 7.47. The van der Waals surface area contributed by atoms with Crippen LogP contribution in [0.4, 0.5) is 0 Å². The molecule has 1 aromatic carbocycles. The highest BCUT2D eigenvalue weighted by atomic mass is 79.9. The molecule has 0 bridgehead atoms. The summed E-state index contributed by atoms with van der Waals surface area (Å²) in [6.07, 6.45) is 0.948. The van der Waals surface area contributed by atoms with Crippen molar-refractivity contribution in [2.75, 3.05) is 18.4 Å². The molecule has 17 heavy (non-hydrogen) atoms. The number of hydrogen-bond donors (Lipinski definition) is 1. The highest BCUT2D eigenvalue weighted by molar-refractivity contribution is 9.09. The van der Waals surface area contributed by atoms with Crippen molar-refractivity contribution < 1.29 is 4.79 Å². The van der Waals surface area contributed by atoms with Gasteiger partial charge in [-0.3, -0.25) is 4.79 Å². The molecule has 2 rings (SSSR count). The second-order valence-electron chi connectivity index (χ2n) is 4.44. The van der Waals surface area contributed by atoms with Gasteiger partial charge in [-0.05, 0) is 12.0 Å². The summed E-state index contributed by atoms with van der Waals surface area (Å²) < 4.78 is 0. The van der Waals surface area contributed by atoms with Gasteiger partial charge < -0.3 is 10.6 Å². The minimum absolute atomic E-state index is 0.0362. The molecular formula is C13H17BrN2O. The van der Waals surface area contributed by atoms with Crippen molar-refractivity contribution in [2.45, 2.75) is 18.4 Å². The highest BCUT2D eigenvalue weighted by Gasteiger charge is 2.29. The second kappa shape index (κ2) is 5.65. The van der Waals surface area contributed by atoms with Crippen LogP contribution in [0.2, 0.25) is 0 Å². The van der Waals surface area contributed by atoms with E-state index in [1.54, 1.807) is 0 Å². The van der Waals surface area contributed by atoms with Gasteiger partial charge in [-0.25, -0.2) is 0 Å². The Labute approximate surface area is 110 Å². The van der Waals surface area contributed by atoms with E-state index in [-0.39, 0.29) is 11.9 Å². The largest absolute Gasteiger partial charge is 0.340 e. The smallest absolute Gasteiger partial charge is 0.233 e. The molecule has 2 atom stereocenters. The van der Waals surface area contributed by atoms with Crippen LogP contribution in [0.15, 0.2) is 30.3 Å². The maximum Gasteiger partial charge on any atom is 0.233 e. The Balaban J connectivity index is 2.04. The first-order valence-corrected chi connectivity index (χ1v) is 6.98. The standard InChI is InChI=1S/C13H17BrN2O/c14-8-13(17)16-7-6-11(12(15)9-16)10-4-2-1-3-5-10/h1-5,11-12H,6-9,15H2. The van der Waals surface area contributed by atoms with Crippen molar-refractivity contribution in [1.82, 2.24) is 4.90 Å². The van der Waals surface area contributed by atoms with E-state index in [0.29, 0.717) is 17.8 Å². The van der Waals surface area contributed by atoms with Crippen LogP contribution in [0, 0.1) is 0 Å². The lowest BCUT2D eigenvalue weighted by Gasteiger charge is -2.36. The third kappa shape index (κ3) is 2.87. The third-order valence-corrected chi connectivity index (χ3v) is 3.83. The van der Waals surface area contributed by atoms with E-state index < -0.39 is 0 Å². The molecule has 0 spiro atoms. The average molecular weight is 297 g/mol. The van der Waals surface area contributed by atoms with Crippen molar-refractivity contribution in [3.8, 4) is 0 Å². The Morgan fingerprint density at radius 2 is 2.12 bits per heavy atom. The number of nitrogens with zero attached hydrogens (tertiary/aromatic N) is 1. The number of alkyl halides is 1. The average Bonchev–Trinajstić information content (AvgIpc) is 2.38. The Morgan fingerprint density at radius 3 is 2.71 bits per heavy atom. The molecule has 1 aliphatic heterocycles. The lowest BCUT2D eigenvalue weighted by molar-refractivity contribution is -0.129.